The summed E-state index contributed by atoms with van der Waals surface area (Å²) in [5, 5.41) is 5.58. The van der Waals surface area contributed by atoms with Crippen LogP contribution in [-0.4, -0.2) is 57.2 Å². The van der Waals surface area contributed by atoms with Crippen molar-refractivity contribution in [2.24, 2.45) is 0 Å². The van der Waals surface area contributed by atoms with E-state index < -0.39 is 0 Å². The van der Waals surface area contributed by atoms with Gasteiger partial charge < -0.3 is 20.3 Å². The summed E-state index contributed by atoms with van der Waals surface area (Å²) in [4.78, 5) is 25.1. The second kappa shape index (κ2) is 24.3. The van der Waals surface area contributed by atoms with Crippen LogP contribution in [0.4, 0.5) is 4.79 Å². The molecule has 0 atom stereocenters. The van der Waals surface area contributed by atoms with Crippen LogP contribution in [0.1, 0.15) is 116 Å². The van der Waals surface area contributed by atoms with E-state index in [0.717, 1.165) is 6.42 Å². The van der Waals surface area contributed by atoms with Gasteiger partial charge in [-0.05, 0) is 20.5 Å². The minimum atomic E-state index is -0.228. The Hall–Kier alpha value is -1.30. The molecular formula is C26H53N3O3. The maximum absolute atomic E-state index is 11.7. The molecule has 6 nitrogen and oxygen atoms in total. The fourth-order valence-electron chi connectivity index (χ4n) is 3.65. The topological polar surface area (TPSA) is 70.7 Å². The second-order valence-corrected chi connectivity index (χ2v) is 9.26. The van der Waals surface area contributed by atoms with Crippen LogP contribution in [0.2, 0.25) is 0 Å². The first-order valence-electron chi connectivity index (χ1n) is 13.4. The van der Waals surface area contributed by atoms with E-state index in [4.69, 9.17) is 4.74 Å². The Morgan fingerprint density at radius 1 is 0.656 bits per heavy atom. The lowest BCUT2D eigenvalue weighted by Gasteiger charge is -2.10. The van der Waals surface area contributed by atoms with E-state index in [0.29, 0.717) is 26.1 Å². The minimum absolute atomic E-state index is 0.185. The van der Waals surface area contributed by atoms with Crippen molar-refractivity contribution in [3.63, 3.8) is 0 Å². The molecule has 0 aliphatic rings. The summed E-state index contributed by atoms with van der Waals surface area (Å²) >= 11 is 0. The molecule has 0 saturated heterocycles. The van der Waals surface area contributed by atoms with E-state index in [-0.39, 0.29) is 18.6 Å². The number of carbonyl (C=O) groups is 2. The fraction of sp³-hybridized carbons (Fsp3) is 0.923. The highest BCUT2D eigenvalue weighted by molar-refractivity contribution is 5.73. The van der Waals surface area contributed by atoms with Crippen molar-refractivity contribution in [3.8, 4) is 0 Å². The first-order valence-corrected chi connectivity index (χ1v) is 13.4. The molecule has 2 N–H and O–H groups in total. The fourth-order valence-corrected chi connectivity index (χ4v) is 3.65. The molecule has 0 heterocycles. The molecule has 32 heavy (non-hydrogen) atoms. The molecule has 0 spiro atoms. The summed E-state index contributed by atoms with van der Waals surface area (Å²) in [6.45, 7) is 4.22. The highest BCUT2D eigenvalue weighted by Gasteiger charge is 2.04. The summed E-state index contributed by atoms with van der Waals surface area (Å²) < 4.78 is 5.07. The molecule has 0 aromatic carbocycles. The van der Waals surface area contributed by atoms with Crippen LogP contribution in [0.3, 0.4) is 0 Å². The van der Waals surface area contributed by atoms with E-state index in [1.54, 1.807) is 0 Å². The minimum Gasteiger partial charge on any atom is -0.464 e. The van der Waals surface area contributed by atoms with Gasteiger partial charge in [0.1, 0.15) is 6.61 Å². The Kier molecular flexibility index (Phi) is 23.4. The number of amides is 2. The van der Waals surface area contributed by atoms with Crippen LogP contribution in [-0.2, 0) is 9.53 Å². The molecule has 2 amide bonds. The van der Waals surface area contributed by atoms with Crippen LogP contribution >= 0.6 is 0 Å². The van der Waals surface area contributed by atoms with Gasteiger partial charge in [-0.2, -0.15) is 0 Å². The molecule has 0 aromatic rings. The first-order chi connectivity index (χ1) is 15.6. The largest absolute Gasteiger partial charge is 0.464 e. The van der Waals surface area contributed by atoms with E-state index in [1.165, 1.54) is 96.3 Å². The lowest BCUT2D eigenvalue weighted by atomic mass is 10.0. The van der Waals surface area contributed by atoms with Crippen LogP contribution in [0, 0.1) is 0 Å². The van der Waals surface area contributed by atoms with Crippen molar-refractivity contribution in [2.75, 3.05) is 40.3 Å². The van der Waals surface area contributed by atoms with Crippen LogP contribution < -0.4 is 10.6 Å². The van der Waals surface area contributed by atoms with Crippen molar-refractivity contribution >= 4 is 12.0 Å². The number of esters is 1. The molecule has 0 radical (unpaired) electrons. The van der Waals surface area contributed by atoms with Gasteiger partial charge in [-0.1, -0.05) is 103 Å². The van der Waals surface area contributed by atoms with Crippen molar-refractivity contribution in [2.45, 2.75) is 116 Å². The molecule has 0 aliphatic heterocycles. The first kappa shape index (κ1) is 30.7. The van der Waals surface area contributed by atoms with Gasteiger partial charge in [-0.3, -0.25) is 4.79 Å². The van der Waals surface area contributed by atoms with E-state index in [1.807, 2.05) is 19.0 Å². The molecule has 190 valence electrons. The molecule has 6 heteroatoms. The van der Waals surface area contributed by atoms with Gasteiger partial charge in [0, 0.05) is 13.1 Å². The monoisotopic (exact) mass is 455 g/mol. The van der Waals surface area contributed by atoms with Crippen molar-refractivity contribution in [3.05, 3.63) is 0 Å². The summed E-state index contributed by atoms with van der Waals surface area (Å²) in [5.41, 5.74) is 0. The molecule has 0 aromatic heterocycles. The van der Waals surface area contributed by atoms with Crippen molar-refractivity contribution in [1.29, 1.82) is 0 Å². The zero-order chi connectivity index (χ0) is 23.7. The number of ether oxygens (including phenoxy) is 1. The van der Waals surface area contributed by atoms with Gasteiger partial charge in [0.15, 0.2) is 0 Å². The summed E-state index contributed by atoms with van der Waals surface area (Å²) in [7, 11) is 3.83. The Bertz CT molecular complexity index is 431. The number of nitrogens with one attached hydrogen (secondary N) is 2. The van der Waals surface area contributed by atoms with Gasteiger partial charge in [0.05, 0.1) is 13.0 Å². The summed E-state index contributed by atoms with van der Waals surface area (Å²) in [6.07, 6.45) is 22.0. The van der Waals surface area contributed by atoms with Crippen molar-refractivity contribution in [1.82, 2.24) is 15.5 Å². The standard InChI is InChI=1S/C26H53N3O3/c1-4-5-6-7-8-9-10-11-12-13-14-15-16-17-18-19-21-27-26(31)28-22-24-32-25(30)20-23-29(2)3/h4-24H2,1-3H3,(H2,27,28,31). The molecule has 0 saturated carbocycles. The zero-order valence-corrected chi connectivity index (χ0v) is 21.5. The SMILES string of the molecule is CCCCCCCCCCCCCCCCCCNC(=O)NCCOC(=O)CCN(C)C. The average Bonchev–Trinajstić information content (AvgIpc) is 2.77. The van der Waals surface area contributed by atoms with Gasteiger partial charge in [0.2, 0.25) is 0 Å². The van der Waals surface area contributed by atoms with Gasteiger partial charge in [-0.15, -0.1) is 0 Å². The maximum atomic E-state index is 11.7. The molecule has 0 fully saturated rings. The van der Waals surface area contributed by atoms with E-state index >= 15 is 0 Å². The highest BCUT2D eigenvalue weighted by Crippen LogP contribution is 2.13. The van der Waals surface area contributed by atoms with E-state index in [9.17, 15) is 9.59 Å². The summed E-state index contributed by atoms with van der Waals surface area (Å²) in [5.74, 6) is -0.228. The lowest BCUT2D eigenvalue weighted by molar-refractivity contribution is -0.143. The number of urea groups is 1. The average molecular weight is 456 g/mol. The quantitative estimate of drug-likeness (QED) is 0.145. The number of rotatable bonds is 23. The van der Waals surface area contributed by atoms with Crippen LogP contribution in [0.25, 0.3) is 0 Å². The third kappa shape index (κ3) is 25.0. The maximum Gasteiger partial charge on any atom is 0.314 e. The normalized spacial score (nSPS) is 11.0. The zero-order valence-electron chi connectivity index (χ0n) is 21.5. The van der Waals surface area contributed by atoms with Crippen LogP contribution in [0.15, 0.2) is 0 Å². The molecule has 0 unspecified atom stereocenters. The van der Waals surface area contributed by atoms with E-state index in [2.05, 4.69) is 17.6 Å². The predicted octanol–water partition coefficient (Wildman–Crippen LogP) is 6.04. The molecule has 0 bridgehead atoms. The number of hydrogen-bond donors (Lipinski definition) is 2. The lowest BCUT2D eigenvalue weighted by Crippen LogP contribution is -2.38. The van der Waals surface area contributed by atoms with Crippen molar-refractivity contribution < 1.29 is 14.3 Å². The second-order valence-electron chi connectivity index (χ2n) is 9.26. The third-order valence-electron chi connectivity index (χ3n) is 5.73. The number of nitrogens with zero attached hydrogens (tertiary/aromatic N) is 1. The van der Waals surface area contributed by atoms with Gasteiger partial charge in [-0.25, -0.2) is 4.79 Å². The predicted molar refractivity (Wildman–Crippen MR) is 135 cm³/mol. The Morgan fingerprint density at radius 3 is 1.56 bits per heavy atom. The Morgan fingerprint density at radius 2 is 1.09 bits per heavy atom. The molecule has 0 rings (SSSR count). The summed E-state index contributed by atoms with van der Waals surface area (Å²) in [6, 6.07) is -0.185. The highest BCUT2D eigenvalue weighted by atomic mass is 16.5. The Labute approximate surface area is 198 Å². The number of unbranched alkanes of at least 4 members (excludes halogenated alkanes) is 15. The van der Waals surface area contributed by atoms with Crippen LogP contribution in [0.5, 0.6) is 0 Å². The molecule has 0 aliphatic carbocycles. The Balaban J connectivity index is 3.22. The smallest absolute Gasteiger partial charge is 0.314 e. The third-order valence-corrected chi connectivity index (χ3v) is 5.73. The number of hydrogen-bond acceptors (Lipinski definition) is 4. The van der Waals surface area contributed by atoms with Gasteiger partial charge >= 0.3 is 12.0 Å². The number of carbonyl (C=O) groups excluding carboxylic acids is 2. The molecular weight excluding hydrogens is 402 g/mol. The van der Waals surface area contributed by atoms with Gasteiger partial charge in [0.25, 0.3) is 0 Å².